The third-order valence-corrected chi connectivity index (χ3v) is 2.73. The Morgan fingerprint density at radius 1 is 1.75 bits per heavy atom. The van der Waals surface area contributed by atoms with Gasteiger partial charge in [-0.2, -0.15) is 0 Å². The topological polar surface area (TPSA) is 46.5 Å². The second-order valence-electron chi connectivity index (χ2n) is 2.51. The van der Waals surface area contributed by atoms with Crippen LogP contribution in [0.15, 0.2) is 24.0 Å². The molecule has 0 bridgehead atoms. The number of carbonyl (C=O) groups excluding carboxylic acids is 1. The van der Waals surface area contributed by atoms with E-state index in [1.54, 1.807) is 6.08 Å². The smallest absolute Gasteiger partial charge is 0.198 e. The molecule has 1 unspecified atom stereocenters. The molecule has 1 aliphatic rings. The van der Waals surface area contributed by atoms with Gasteiger partial charge in [0.15, 0.2) is 10.3 Å². The second-order valence-corrected chi connectivity index (χ2v) is 3.79. The first-order valence-electron chi connectivity index (χ1n) is 3.42. The Morgan fingerprint density at radius 3 is 2.92 bits per heavy atom. The van der Waals surface area contributed by atoms with Crippen LogP contribution in [-0.4, -0.2) is 22.5 Å². The summed E-state index contributed by atoms with van der Waals surface area (Å²) in [5.41, 5.74) is 0.660. The van der Waals surface area contributed by atoms with Gasteiger partial charge < -0.3 is 9.84 Å². The Bertz CT molecular complexity index is 257. The Labute approximate surface area is 78.8 Å². The van der Waals surface area contributed by atoms with E-state index in [0.29, 0.717) is 12.0 Å². The van der Waals surface area contributed by atoms with E-state index >= 15 is 0 Å². The van der Waals surface area contributed by atoms with Crippen molar-refractivity contribution in [1.82, 2.24) is 0 Å². The van der Waals surface area contributed by atoms with Crippen molar-refractivity contribution in [2.24, 2.45) is 0 Å². The van der Waals surface area contributed by atoms with Crippen LogP contribution < -0.4 is 0 Å². The predicted octanol–water partition coefficient (Wildman–Crippen LogP) is 1.69. The summed E-state index contributed by atoms with van der Waals surface area (Å²) in [6.45, 7) is 0. The summed E-state index contributed by atoms with van der Waals surface area (Å²) in [5.74, 6) is -0.143. The van der Waals surface area contributed by atoms with Crippen LogP contribution in [0.1, 0.15) is 6.42 Å². The van der Waals surface area contributed by atoms with Crippen molar-refractivity contribution in [1.29, 1.82) is 0 Å². The molecule has 0 spiro atoms. The van der Waals surface area contributed by atoms with E-state index in [-0.39, 0.29) is 5.78 Å². The predicted molar refractivity (Wildman–Crippen MR) is 48.1 cm³/mol. The lowest BCUT2D eigenvalue weighted by Gasteiger charge is -2.25. The molecule has 0 aromatic rings. The average molecular weight is 233 g/mol. The highest BCUT2D eigenvalue weighted by molar-refractivity contribution is 9.10. The fourth-order valence-corrected chi connectivity index (χ4v) is 1.43. The number of rotatable bonds is 1. The van der Waals surface area contributed by atoms with E-state index in [0.717, 1.165) is 6.26 Å². The van der Waals surface area contributed by atoms with Crippen molar-refractivity contribution in [2.75, 3.05) is 7.11 Å². The zero-order valence-electron chi connectivity index (χ0n) is 6.58. The zero-order chi connectivity index (χ0) is 9.19. The summed E-state index contributed by atoms with van der Waals surface area (Å²) in [7, 11) is 1.45. The molecule has 0 fully saturated rings. The fraction of sp³-hybridized carbons (Fsp3) is 0.375. The molecule has 0 saturated carbocycles. The maximum Gasteiger partial charge on any atom is 0.198 e. The molecule has 1 atom stereocenters. The monoisotopic (exact) mass is 232 g/mol. The van der Waals surface area contributed by atoms with Crippen LogP contribution in [0, 0.1) is 0 Å². The Morgan fingerprint density at radius 2 is 2.42 bits per heavy atom. The lowest BCUT2D eigenvalue weighted by atomic mass is 9.99. The number of aliphatic hydroxyl groups excluding tert-OH is 1. The first kappa shape index (κ1) is 9.48. The van der Waals surface area contributed by atoms with Crippen molar-refractivity contribution in [3.05, 3.63) is 24.0 Å². The molecule has 1 N–H and O–H groups in total. The van der Waals surface area contributed by atoms with Gasteiger partial charge in [-0.05, 0) is 27.6 Å². The molecule has 66 valence electrons. The lowest BCUT2D eigenvalue weighted by Crippen LogP contribution is -2.35. The Kier molecular flexibility index (Phi) is 2.69. The number of aliphatic hydroxyl groups is 1. The number of hydrogen-bond donors (Lipinski definition) is 1. The molecule has 12 heavy (non-hydrogen) atoms. The van der Waals surface area contributed by atoms with Gasteiger partial charge in [-0.3, -0.25) is 4.79 Å². The minimum Gasteiger partial charge on any atom is -0.515 e. The number of alkyl halides is 1. The Hall–Kier alpha value is -0.610. The average Bonchev–Trinajstić information content (AvgIpc) is 2.10. The summed E-state index contributed by atoms with van der Waals surface area (Å²) in [6.07, 6.45) is 4.26. The van der Waals surface area contributed by atoms with E-state index in [1.165, 1.54) is 13.2 Å². The van der Waals surface area contributed by atoms with E-state index in [2.05, 4.69) is 15.9 Å². The summed E-state index contributed by atoms with van der Waals surface area (Å²) < 4.78 is 4.00. The molecular weight excluding hydrogens is 224 g/mol. The van der Waals surface area contributed by atoms with E-state index in [1.807, 2.05) is 0 Å². The summed E-state index contributed by atoms with van der Waals surface area (Å²) in [6, 6.07) is 0. The van der Waals surface area contributed by atoms with Gasteiger partial charge in [0, 0.05) is 13.5 Å². The standard InChI is InChI=1S/C8H9BrO3/c1-12-8(9)4-6(5-10)2-3-7(8)11/h2-3,5,10H,4H2,1H3. The first-order valence-corrected chi connectivity index (χ1v) is 4.21. The zero-order valence-corrected chi connectivity index (χ0v) is 8.17. The van der Waals surface area contributed by atoms with E-state index in [4.69, 9.17) is 9.84 Å². The third-order valence-electron chi connectivity index (χ3n) is 1.74. The van der Waals surface area contributed by atoms with Crippen molar-refractivity contribution in [2.45, 2.75) is 10.9 Å². The largest absolute Gasteiger partial charge is 0.515 e. The highest BCUT2D eigenvalue weighted by atomic mass is 79.9. The van der Waals surface area contributed by atoms with Crippen LogP contribution in [0.4, 0.5) is 0 Å². The molecule has 4 heteroatoms. The van der Waals surface area contributed by atoms with Crippen LogP contribution in [0.5, 0.6) is 0 Å². The number of ketones is 1. The lowest BCUT2D eigenvalue weighted by molar-refractivity contribution is -0.126. The number of allylic oxidation sites excluding steroid dienone is 1. The first-order chi connectivity index (χ1) is 5.62. The van der Waals surface area contributed by atoms with Crippen LogP contribution in [0.25, 0.3) is 0 Å². The van der Waals surface area contributed by atoms with Crippen molar-refractivity contribution < 1.29 is 14.6 Å². The number of hydrogen-bond acceptors (Lipinski definition) is 3. The van der Waals surface area contributed by atoms with Gasteiger partial charge in [-0.1, -0.05) is 6.08 Å². The maximum atomic E-state index is 11.2. The van der Waals surface area contributed by atoms with Gasteiger partial charge in [0.25, 0.3) is 0 Å². The molecule has 0 saturated heterocycles. The van der Waals surface area contributed by atoms with Gasteiger partial charge in [0.1, 0.15) is 0 Å². The van der Waals surface area contributed by atoms with Gasteiger partial charge >= 0.3 is 0 Å². The maximum absolute atomic E-state index is 11.2. The molecule has 0 aromatic carbocycles. The van der Waals surface area contributed by atoms with Crippen molar-refractivity contribution >= 4 is 21.7 Å². The van der Waals surface area contributed by atoms with Crippen LogP contribution >= 0.6 is 15.9 Å². The number of halogens is 1. The summed E-state index contributed by atoms with van der Waals surface area (Å²) in [5, 5.41) is 8.70. The van der Waals surface area contributed by atoms with Gasteiger partial charge in [-0.25, -0.2) is 0 Å². The van der Waals surface area contributed by atoms with E-state index in [9.17, 15) is 4.79 Å². The molecular formula is C8H9BrO3. The molecule has 0 heterocycles. The molecule has 0 aliphatic heterocycles. The summed E-state index contributed by atoms with van der Waals surface area (Å²) in [4.78, 5) is 11.2. The number of methoxy groups -OCH3 is 1. The Balaban J connectivity index is 2.94. The normalized spacial score (nSPS) is 32.8. The third kappa shape index (κ3) is 1.59. The van der Waals surface area contributed by atoms with Gasteiger partial charge in [-0.15, -0.1) is 0 Å². The molecule has 1 rings (SSSR count). The number of carbonyl (C=O) groups is 1. The minimum absolute atomic E-state index is 0.143. The highest BCUT2D eigenvalue weighted by Gasteiger charge is 2.36. The van der Waals surface area contributed by atoms with Gasteiger partial charge in [0.2, 0.25) is 0 Å². The van der Waals surface area contributed by atoms with E-state index < -0.39 is 4.51 Å². The van der Waals surface area contributed by atoms with Gasteiger partial charge in [0.05, 0.1) is 6.26 Å². The minimum atomic E-state index is -0.990. The van der Waals surface area contributed by atoms with Crippen LogP contribution in [0.3, 0.4) is 0 Å². The van der Waals surface area contributed by atoms with Crippen LogP contribution in [0.2, 0.25) is 0 Å². The van der Waals surface area contributed by atoms with Crippen molar-refractivity contribution in [3.63, 3.8) is 0 Å². The molecule has 3 nitrogen and oxygen atoms in total. The second kappa shape index (κ2) is 3.41. The highest BCUT2D eigenvalue weighted by Crippen LogP contribution is 2.32. The number of ether oxygens (including phenoxy) is 1. The summed E-state index contributed by atoms with van der Waals surface area (Å²) >= 11 is 3.17. The molecule has 0 aromatic heterocycles. The van der Waals surface area contributed by atoms with Crippen LogP contribution in [-0.2, 0) is 9.53 Å². The molecule has 1 aliphatic carbocycles. The molecule has 0 amide bonds. The fourth-order valence-electron chi connectivity index (χ4n) is 0.977. The van der Waals surface area contributed by atoms with Crippen molar-refractivity contribution in [3.8, 4) is 0 Å². The molecule has 0 radical (unpaired) electrons. The quantitative estimate of drug-likeness (QED) is 0.553. The SMILES string of the molecule is COC1(Br)CC(=CO)C=CC1=O.